The van der Waals surface area contributed by atoms with Gasteiger partial charge in [0, 0.05) is 31.8 Å². The number of rotatable bonds is 10. The van der Waals surface area contributed by atoms with Gasteiger partial charge in [0.1, 0.15) is 29.9 Å². The number of hydrogen-bond donors (Lipinski definition) is 15. The van der Waals surface area contributed by atoms with Crippen molar-refractivity contribution in [3.8, 4) is 0 Å². The zero-order valence-corrected chi connectivity index (χ0v) is 25.7. The fourth-order valence-electron chi connectivity index (χ4n) is 4.41. The monoisotopic (exact) mass is 685 g/mol. The molecule has 1 fully saturated rings. The number of aliphatic hydroxyl groups excluding tert-OH is 3. The average Bonchev–Trinajstić information content (AvgIpc) is 3.03. The van der Waals surface area contributed by atoms with E-state index in [2.05, 4.69) is 42.2 Å². The fourth-order valence-corrected chi connectivity index (χ4v) is 4.41. The van der Waals surface area contributed by atoms with Gasteiger partial charge >= 0.3 is 6.03 Å². The van der Waals surface area contributed by atoms with Crippen molar-refractivity contribution < 1.29 is 48.9 Å². The zero-order chi connectivity index (χ0) is 36.0. The van der Waals surface area contributed by atoms with Gasteiger partial charge in [0.15, 0.2) is 5.96 Å². The van der Waals surface area contributed by atoms with Crippen LogP contribution in [0.3, 0.4) is 0 Å². The first kappa shape index (κ1) is 39.1. The lowest BCUT2D eigenvalue weighted by molar-refractivity contribution is -0.135. The summed E-state index contributed by atoms with van der Waals surface area (Å²) in [5.41, 5.74) is 21.4. The number of carbonyl (C=O) groups is 7. The molecule has 0 radical (unpaired) electrons. The molecule has 2 heterocycles. The number of hydrogen-bond acceptors (Lipinski definition) is 15. The van der Waals surface area contributed by atoms with Crippen LogP contribution in [-0.2, 0) is 28.8 Å². The molecular formula is C25H43N13O10. The van der Waals surface area contributed by atoms with Gasteiger partial charge in [-0.3, -0.25) is 33.8 Å². The summed E-state index contributed by atoms with van der Waals surface area (Å²) >= 11 is 0. The summed E-state index contributed by atoms with van der Waals surface area (Å²) in [5.74, 6) is -6.43. The largest absolute Gasteiger partial charge is 0.394 e. The zero-order valence-electron chi connectivity index (χ0n) is 25.7. The summed E-state index contributed by atoms with van der Waals surface area (Å²) in [6.07, 6.45) is -0.684. The van der Waals surface area contributed by atoms with Crippen LogP contribution in [0.2, 0.25) is 0 Å². The maximum absolute atomic E-state index is 13.6. The summed E-state index contributed by atoms with van der Waals surface area (Å²) in [5, 5.41) is 48.0. The Bertz CT molecular complexity index is 1280. The molecule has 2 rings (SSSR count). The maximum Gasteiger partial charge on any atom is 0.316 e. The van der Waals surface area contributed by atoms with Crippen molar-refractivity contribution in [3.05, 3.63) is 11.9 Å². The topological polar surface area (TPSA) is 393 Å². The second-order valence-corrected chi connectivity index (χ2v) is 10.7. The molecule has 48 heavy (non-hydrogen) atoms. The smallest absolute Gasteiger partial charge is 0.316 e. The number of urea groups is 1. The lowest BCUT2D eigenvalue weighted by Crippen LogP contribution is -2.64. The molecule has 2 aliphatic rings. The SMILES string of the molecule is NCCC(O)C(N)CC(=O)NC1CNC(=O)C(C2CCN=C(N)N2)NC(=O)/C(=C\NC(N)=O)NC(=O)C(CO)NC(=O)C(CO)NC1=O. The number of nitrogens with two attached hydrogens (primary N) is 4. The van der Waals surface area contributed by atoms with E-state index in [1.54, 1.807) is 0 Å². The van der Waals surface area contributed by atoms with Crippen molar-refractivity contribution in [1.29, 1.82) is 0 Å². The average molecular weight is 686 g/mol. The number of primary amides is 1. The van der Waals surface area contributed by atoms with Gasteiger partial charge in [-0.05, 0) is 19.4 Å². The molecule has 268 valence electrons. The quantitative estimate of drug-likeness (QED) is 0.0950. The molecule has 23 heteroatoms. The second kappa shape index (κ2) is 18.9. The molecule has 0 aromatic rings. The lowest BCUT2D eigenvalue weighted by Gasteiger charge is -2.31. The van der Waals surface area contributed by atoms with E-state index in [1.807, 2.05) is 5.32 Å². The van der Waals surface area contributed by atoms with E-state index in [-0.39, 0.29) is 31.9 Å². The van der Waals surface area contributed by atoms with Gasteiger partial charge in [0.2, 0.25) is 29.5 Å². The maximum atomic E-state index is 13.6. The van der Waals surface area contributed by atoms with E-state index in [9.17, 15) is 48.9 Å². The number of nitrogens with zero attached hydrogens (tertiary/aromatic N) is 1. The number of guanidine groups is 1. The highest BCUT2D eigenvalue weighted by Gasteiger charge is 2.36. The van der Waals surface area contributed by atoms with Gasteiger partial charge in [-0.2, -0.15) is 0 Å². The number of nitrogens with one attached hydrogen (secondary N) is 8. The van der Waals surface area contributed by atoms with E-state index in [1.165, 1.54) is 0 Å². The first-order chi connectivity index (χ1) is 22.7. The molecule has 0 aliphatic carbocycles. The first-order valence-corrected chi connectivity index (χ1v) is 14.7. The predicted octanol–water partition coefficient (Wildman–Crippen LogP) is -9.23. The first-order valence-electron chi connectivity index (χ1n) is 14.7. The summed E-state index contributed by atoms with van der Waals surface area (Å²) in [4.78, 5) is 94.2. The lowest BCUT2D eigenvalue weighted by atomic mass is 10.0. The molecule has 0 aromatic heterocycles. The minimum Gasteiger partial charge on any atom is -0.394 e. The highest BCUT2D eigenvalue weighted by atomic mass is 16.3. The van der Waals surface area contributed by atoms with Crippen LogP contribution < -0.4 is 65.5 Å². The molecular weight excluding hydrogens is 642 g/mol. The standard InChI is InChI=1S/C25H43N13O10/c26-3-1-16(41)10(27)5-17(42)33-12-6-31-23(47)18(11-2-4-30-24(28)37-11)38-20(44)13(7-32-25(29)48)34-21(45)14(8-39)36-22(46)15(9-40)35-19(12)43/h7,10-12,14-16,18,39-41H,1-6,8-9,26-27H2,(H,31,47)(H,33,42)(H,34,45)(H,35,43)(H,36,46)(H,38,44)(H3,28,30,37)(H3,29,32,48)/b13-7+. The van der Waals surface area contributed by atoms with E-state index in [4.69, 9.17) is 22.9 Å². The van der Waals surface area contributed by atoms with Crippen molar-refractivity contribution >= 4 is 47.4 Å². The molecule has 1 saturated heterocycles. The Morgan fingerprint density at radius 2 is 1.62 bits per heavy atom. The Hall–Kier alpha value is -5.10. The van der Waals surface area contributed by atoms with Gasteiger partial charge in [0.25, 0.3) is 5.91 Å². The molecule has 0 bridgehead atoms. The summed E-state index contributed by atoms with van der Waals surface area (Å²) < 4.78 is 0. The van der Waals surface area contributed by atoms with Gasteiger partial charge in [0.05, 0.1) is 25.4 Å². The number of aliphatic imine (C=N–C) groups is 1. The van der Waals surface area contributed by atoms with Crippen LogP contribution in [-0.4, -0.2) is 138 Å². The molecule has 7 unspecified atom stereocenters. The van der Waals surface area contributed by atoms with Crippen molar-refractivity contribution in [1.82, 2.24) is 42.5 Å². The van der Waals surface area contributed by atoms with Crippen LogP contribution in [0.4, 0.5) is 4.79 Å². The Balaban J connectivity index is 2.52. The highest BCUT2D eigenvalue weighted by molar-refractivity contribution is 6.02. The molecule has 8 amide bonds. The Morgan fingerprint density at radius 1 is 0.979 bits per heavy atom. The Morgan fingerprint density at radius 3 is 2.23 bits per heavy atom. The van der Waals surface area contributed by atoms with Gasteiger partial charge in [-0.15, -0.1) is 0 Å². The molecule has 0 aromatic carbocycles. The van der Waals surface area contributed by atoms with Crippen molar-refractivity contribution in [3.63, 3.8) is 0 Å². The van der Waals surface area contributed by atoms with Crippen molar-refractivity contribution in [2.45, 2.75) is 61.6 Å². The predicted molar refractivity (Wildman–Crippen MR) is 164 cm³/mol. The van der Waals surface area contributed by atoms with Crippen molar-refractivity contribution in [2.75, 3.05) is 32.8 Å². The van der Waals surface area contributed by atoms with Crippen LogP contribution in [0, 0.1) is 0 Å². The molecule has 0 saturated carbocycles. The third-order valence-electron chi connectivity index (χ3n) is 7.03. The fraction of sp³-hybridized carbons (Fsp3) is 0.600. The van der Waals surface area contributed by atoms with E-state index in [0.717, 1.165) is 0 Å². The second-order valence-electron chi connectivity index (χ2n) is 10.7. The van der Waals surface area contributed by atoms with E-state index < -0.39 is 116 Å². The van der Waals surface area contributed by atoms with Gasteiger partial charge in [-0.25, -0.2) is 4.79 Å². The van der Waals surface area contributed by atoms with E-state index in [0.29, 0.717) is 6.20 Å². The third-order valence-corrected chi connectivity index (χ3v) is 7.03. The highest BCUT2D eigenvalue weighted by Crippen LogP contribution is 2.07. The van der Waals surface area contributed by atoms with Gasteiger partial charge < -0.3 is 80.8 Å². The summed E-state index contributed by atoms with van der Waals surface area (Å²) in [6, 6.07) is -9.75. The Kier molecular flexibility index (Phi) is 15.4. The molecule has 7 atom stereocenters. The normalized spacial score (nSPS) is 26.7. The number of aliphatic hydroxyl groups is 3. The Labute approximate surface area is 273 Å². The van der Waals surface area contributed by atoms with Crippen LogP contribution in [0.15, 0.2) is 16.9 Å². The summed E-state index contributed by atoms with van der Waals surface area (Å²) in [6.45, 7) is -2.46. The van der Waals surface area contributed by atoms with E-state index >= 15 is 0 Å². The molecule has 19 N–H and O–H groups in total. The van der Waals surface area contributed by atoms with Crippen LogP contribution in [0.5, 0.6) is 0 Å². The minimum absolute atomic E-state index is 0.0610. The minimum atomic E-state index is -1.77. The van der Waals surface area contributed by atoms with Crippen LogP contribution in [0.1, 0.15) is 19.3 Å². The van der Waals surface area contributed by atoms with Crippen LogP contribution in [0.25, 0.3) is 0 Å². The molecule has 23 nitrogen and oxygen atoms in total. The number of amides is 8. The van der Waals surface area contributed by atoms with Crippen molar-refractivity contribution in [2.24, 2.45) is 27.9 Å². The molecule has 2 aliphatic heterocycles. The van der Waals surface area contributed by atoms with Crippen LogP contribution >= 0.6 is 0 Å². The molecule has 0 spiro atoms. The summed E-state index contributed by atoms with van der Waals surface area (Å²) in [7, 11) is 0. The number of carbonyl (C=O) groups excluding carboxylic acids is 7. The third kappa shape index (κ3) is 11.9. The van der Waals surface area contributed by atoms with Gasteiger partial charge in [-0.1, -0.05) is 0 Å².